The molecule has 0 aliphatic rings. The van der Waals surface area contributed by atoms with Crippen LogP contribution in [-0.4, -0.2) is 18.5 Å². The van der Waals surface area contributed by atoms with Crippen molar-refractivity contribution < 1.29 is 14.3 Å². The van der Waals surface area contributed by atoms with Gasteiger partial charge in [0.25, 0.3) is 5.91 Å². The third-order valence-corrected chi connectivity index (χ3v) is 4.31. The van der Waals surface area contributed by atoms with Crippen LogP contribution in [-0.2, 0) is 9.53 Å². The van der Waals surface area contributed by atoms with Crippen molar-refractivity contribution in [3.8, 4) is 0 Å². The second kappa shape index (κ2) is 7.29. The summed E-state index contributed by atoms with van der Waals surface area (Å²) < 4.78 is 4.96. The third-order valence-electron chi connectivity index (χ3n) is 2.91. The summed E-state index contributed by atoms with van der Waals surface area (Å²) >= 11 is 7.33. The van der Waals surface area contributed by atoms with Crippen LogP contribution in [0, 0.1) is 0 Å². The Morgan fingerprint density at radius 2 is 2.18 bits per heavy atom. The van der Waals surface area contributed by atoms with E-state index in [-0.39, 0.29) is 29.8 Å². The maximum absolute atomic E-state index is 11.8. The lowest BCUT2D eigenvalue weighted by atomic mass is 10.2. The Morgan fingerprint density at radius 3 is 2.82 bits per heavy atom. The van der Waals surface area contributed by atoms with E-state index in [0.29, 0.717) is 5.02 Å². The molecule has 2 aromatic rings. The summed E-state index contributed by atoms with van der Waals surface area (Å²) in [6, 6.07) is 8.12. The van der Waals surface area contributed by atoms with E-state index in [1.807, 2.05) is 24.4 Å². The molecule has 5 nitrogen and oxygen atoms in total. The summed E-state index contributed by atoms with van der Waals surface area (Å²) in [5, 5.41) is 5.05. The standard InChI is InChI=1S/C15H15ClN2O3S/c1-9(13-3-2-6-22-13)18-14(19)8-21-15(20)10-4-5-11(16)12(17)7-10/h2-7,9H,8,17H2,1H3,(H,18,19)/t9-/m1/s1. The molecule has 0 unspecified atom stereocenters. The van der Waals surface area contributed by atoms with Gasteiger partial charge in [0.1, 0.15) is 0 Å². The first kappa shape index (κ1) is 16.3. The highest BCUT2D eigenvalue weighted by Crippen LogP contribution is 2.20. The monoisotopic (exact) mass is 338 g/mol. The molecule has 0 spiro atoms. The second-order valence-corrected chi connectivity index (χ2v) is 6.00. The number of nitrogens with one attached hydrogen (secondary N) is 1. The maximum Gasteiger partial charge on any atom is 0.338 e. The predicted octanol–water partition coefficient (Wildman–Crippen LogP) is 3.02. The van der Waals surface area contributed by atoms with Gasteiger partial charge in [-0.3, -0.25) is 4.79 Å². The minimum Gasteiger partial charge on any atom is -0.452 e. The summed E-state index contributed by atoms with van der Waals surface area (Å²) in [5.41, 5.74) is 6.15. The van der Waals surface area contributed by atoms with Crippen molar-refractivity contribution in [3.05, 3.63) is 51.2 Å². The molecule has 0 saturated carbocycles. The summed E-state index contributed by atoms with van der Waals surface area (Å²) in [4.78, 5) is 24.6. The van der Waals surface area contributed by atoms with Gasteiger partial charge in [0.2, 0.25) is 0 Å². The van der Waals surface area contributed by atoms with Gasteiger partial charge in [-0.25, -0.2) is 4.79 Å². The van der Waals surface area contributed by atoms with Crippen LogP contribution in [0.25, 0.3) is 0 Å². The normalized spacial score (nSPS) is 11.7. The Labute approximate surface area is 137 Å². The van der Waals surface area contributed by atoms with E-state index < -0.39 is 5.97 Å². The molecule has 22 heavy (non-hydrogen) atoms. The molecule has 2 rings (SSSR count). The average molecular weight is 339 g/mol. The van der Waals surface area contributed by atoms with E-state index >= 15 is 0 Å². The molecule has 1 heterocycles. The molecule has 116 valence electrons. The fourth-order valence-electron chi connectivity index (χ4n) is 1.78. The number of carbonyl (C=O) groups is 2. The van der Waals surface area contributed by atoms with Crippen molar-refractivity contribution in [2.75, 3.05) is 12.3 Å². The summed E-state index contributed by atoms with van der Waals surface area (Å²) in [6.45, 7) is 1.52. The molecule has 0 bridgehead atoms. The lowest BCUT2D eigenvalue weighted by Crippen LogP contribution is -2.30. The Balaban J connectivity index is 1.85. The molecule has 1 aromatic heterocycles. The van der Waals surface area contributed by atoms with Crippen LogP contribution in [0.15, 0.2) is 35.7 Å². The van der Waals surface area contributed by atoms with E-state index in [4.69, 9.17) is 22.1 Å². The number of hydrogen-bond acceptors (Lipinski definition) is 5. The number of nitrogen functional groups attached to an aromatic ring is 1. The van der Waals surface area contributed by atoms with Crippen LogP contribution in [0.1, 0.15) is 28.2 Å². The van der Waals surface area contributed by atoms with Crippen LogP contribution in [0.2, 0.25) is 5.02 Å². The summed E-state index contributed by atoms with van der Waals surface area (Å²) in [6.07, 6.45) is 0. The number of hydrogen-bond donors (Lipinski definition) is 2. The zero-order chi connectivity index (χ0) is 16.1. The molecular weight excluding hydrogens is 324 g/mol. The molecule has 0 aliphatic heterocycles. The van der Waals surface area contributed by atoms with Crippen molar-refractivity contribution in [3.63, 3.8) is 0 Å². The van der Waals surface area contributed by atoms with Crippen LogP contribution in [0.4, 0.5) is 5.69 Å². The van der Waals surface area contributed by atoms with Crippen LogP contribution in [0.5, 0.6) is 0 Å². The van der Waals surface area contributed by atoms with E-state index in [1.54, 1.807) is 11.3 Å². The molecule has 7 heteroatoms. The minimum atomic E-state index is -0.623. The number of esters is 1. The number of rotatable bonds is 5. The summed E-state index contributed by atoms with van der Waals surface area (Å²) in [7, 11) is 0. The van der Waals surface area contributed by atoms with Crippen LogP contribution >= 0.6 is 22.9 Å². The van der Waals surface area contributed by atoms with Gasteiger partial charge < -0.3 is 15.8 Å². The molecule has 1 amide bonds. The number of benzene rings is 1. The zero-order valence-corrected chi connectivity index (χ0v) is 13.4. The van der Waals surface area contributed by atoms with E-state index in [1.165, 1.54) is 18.2 Å². The van der Waals surface area contributed by atoms with Crippen molar-refractivity contribution in [1.82, 2.24) is 5.32 Å². The van der Waals surface area contributed by atoms with Gasteiger partial charge in [-0.1, -0.05) is 17.7 Å². The summed E-state index contributed by atoms with van der Waals surface area (Å²) in [5.74, 6) is -0.988. The Hall–Kier alpha value is -2.05. The lowest BCUT2D eigenvalue weighted by molar-refractivity contribution is -0.124. The SMILES string of the molecule is C[C@@H](NC(=O)COC(=O)c1ccc(Cl)c(N)c1)c1cccs1. The van der Waals surface area contributed by atoms with E-state index in [2.05, 4.69) is 5.32 Å². The topological polar surface area (TPSA) is 81.4 Å². The van der Waals surface area contributed by atoms with Gasteiger partial charge in [-0.15, -0.1) is 11.3 Å². The molecule has 1 aromatic carbocycles. The molecule has 0 aliphatic carbocycles. The van der Waals surface area contributed by atoms with Gasteiger partial charge in [-0.05, 0) is 36.6 Å². The van der Waals surface area contributed by atoms with Gasteiger partial charge in [0, 0.05) is 4.88 Å². The Morgan fingerprint density at radius 1 is 1.41 bits per heavy atom. The largest absolute Gasteiger partial charge is 0.452 e. The van der Waals surface area contributed by atoms with Crippen molar-refractivity contribution in [2.24, 2.45) is 0 Å². The van der Waals surface area contributed by atoms with E-state index in [9.17, 15) is 9.59 Å². The average Bonchev–Trinajstić information content (AvgIpc) is 3.02. The van der Waals surface area contributed by atoms with Crippen molar-refractivity contribution in [2.45, 2.75) is 13.0 Å². The molecule has 3 N–H and O–H groups in total. The number of ether oxygens (including phenoxy) is 1. The Bertz CT molecular complexity index is 673. The quantitative estimate of drug-likeness (QED) is 0.648. The lowest BCUT2D eigenvalue weighted by Gasteiger charge is -2.12. The number of halogens is 1. The fraction of sp³-hybridized carbons (Fsp3) is 0.200. The number of thiophene rings is 1. The highest BCUT2D eigenvalue weighted by atomic mass is 35.5. The fourth-order valence-corrected chi connectivity index (χ4v) is 2.63. The van der Waals surface area contributed by atoms with Crippen molar-refractivity contribution >= 4 is 40.5 Å². The van der Waals surface area contributed by atoms with Gasteiger partial charge in [0.05, 0.1) is 22.3 Å². The number of carbonyl (C=O) groups excluding carboxylic acids is 2. The highest BCUT2D eigenvalue weighted by Gasteiger charge is 2.14. The smallest absolute Gasteiger partial charge is 0.338 e. The van der Waals surface area contributed by atoms with Gasteiger partial charge >= 0.3 is 5.97 Å². The highest BCUT2D eigenvalue weighted by molar-refractivity contribution is 7.10. The van der Waals surface area contributed by atoms with Gasteiger partial charge in [0.15, 0.2) is 6.61 Å². The first-order valence-electron chi connectivity index (χ1n) is 6.52. The van der Waals surface area contributed by atoms with Crippen LogP contribution in [0.3, 0.4) is 0 Å². The molecule has 0 fully saturated rings. The predicted molar refractivity (Wildman–Crippen MR) is 87.0 cm³/mol. The number of nitrogens with two attached hydrogens (primary N) is 1. The molecule has 1 atom stereocenters. The number of anilines is 1. The molecule has 0 saturated heterocycles. The van der Waals surface area contributed by atoms with E-state index in [0.717, 1.165) is 4.88 Å². The maximum atomic E-state index is 11.8. The van der Waals surface area contributed by atoms with Crippen LogP contribution < -0.4 is 11.1 Å². The Kier molecular flexibility index (Phi) is 5.41. The minimum absolute atomic E-state index is 0.127. The number of amides is 1. The molecule has 0 radical (unpaired) electrons. The third kappa shape index (κ3) is 4.22. The van der Waals surface area contributed by atoms with Gasteiger partial charge in [-0.2, -0.15) is 0 Å². The second-order valence-electron chi connectivity index (χ2n) is 4.62. The van der Waals surface area contributed by atoms with Crippen molar-refractivity contribution in [1.29, 1.82) is 0 Å². The zero-order valence-electron chi connectivity index (χ0n) is 11.8. The first-order chi connectivity index (χ1) is 10.5. The molecular formula is C15H15ClN2O3S. The first-order valence-corrected chi connectivity index (χ1v) is 7.78.